The second kappa shape index (κ2) is 7.90. The summed E-state index contributed by atoms with van der Waals surface area (Å²) in [5.74, 6) is 0.601. The molecule has 1 aromatic carbocycles. The molecular formula is C17H23N3O4. The molecule has 1 aliphatic rings. The Kier molecular flexibility index (Phi) is 5.89. The van der Waals surface area contributed by atoms with Crippen LogP contribution in [0.5, 0.6) is 0 Å². The van der Waals surface area contributed by atoms with E-state index in [4.69, 9.17) is 9.47 Å². The normalized spacial score (nSPS) is 21.7. The molecule has 0 spiro atoms. The third kappa shape index (κ3) is 3.90. The van der Waals surface area contributed by atoms with E-state index < -0.39 is 12.0 Å². The number of methoxy groups -OCH3 is 2. The first-order valence-electron chi connectivity index (χ1n) is 7.88. The molecule has 7 heteroatoms. The topological polar surface area (TPSA) is 86.3 Å². The van der Waals surface area contributed by atoms with E-state index in [1.807, 2.05) is 44.2 Å². The highest BCUT2D eigenvalue weighted by molar-refractivity contribution is 5.94. The van der Waals surface area contributed by atoms with Crippen molar-refractivity contribution in [1.29, 1.82) is 0 Å². The van der Waals surface area contributed by atoms with Gasteiger partial charge in [0.05, 0.1) is 20.1 Å². The molecule has 0 bridgehead atoms. The number of hydrogen-bond acceptors (Lipinski definition) is 6. The van der Waals surface area contributed by atoms with E-state index in [1.54, 1.807) is 7.11 Å². The molecular weight excluding hydrogens is 310 g/mol. The van der Waals surface area contributed by atoms with E-state index in [9.17, 15) is 10.1 Å². The molecule has 2 rings (SSSR count). The van der Waals surface area contributed by atoms with Gasteiger partial charge in [0.25, 0.3) is 0 Å². The summed E-state index contributed by atoms with van der Waals surface area (Å²) >= 11 is 0. The van der Waals surface area contributed by atoms with Crippen LogP contribution in [0.2, 0.25) is 0 Å². The second-order valence-corrected chi connectivity index (χ2v) is 6.01. The Bertz CT molecular complexity index is 628. The maximum Gasteiger partial charge on any atom is 0.213 e. The molecule has 0 radical (unpaired) electrons. The lowest BCUT2D eigenvalue weighted by Crippen LogP contribution is -2.41. The van der Waals surface area contributed by atoms with Gasteiger partial charge in [-0.25, -0.2) is 9.98 Å². The van der Waals surface area contributed by atoms with Crippen molar-refractivity contribution in [1.82, 2.24) is 0 Å². The van der Waals surface area contributed by atoms with Crippen LogP contribution in [-0.4, -0.2) is 49.6 Å². The summed E-state index contributed by atoms with van der Waals surface area (Å²) in [5.41, 5.74) is 0.825. The summed E-state index contributed by atoms with van der Waals surface area (Å²) in [5, 5.41) is 11.2. The smallest absolute Gasteiger partial charge is 0.213 e. The van der Waals surface area contributed by atoms with Gasteiger partial charge in [-0.05, 0) is 11.5 Å². The highest BCUT2D eigenvalue weighted by atomic mass is 16.6. The van der Waals surface area contributed by atoms with Crippen LogP contribution < -0.4 is 0 Å². The predicted molar refractivity (Wildman–Crippen MR) is 92.3 cm³/mol. The SMILES string of the molecule is COC1=N[C@H]([C@H](C[N+](=O)[O-])c2ccccc2)C(OC)=N[C@H]1C(C)C. The summed E-state index contributed by atoms with van der Waals surface area (Å²) in [7, 11) is 3.06. The number of nitro groups is 1. The molecule has 130 valence electrons. The highest BCUT2D eigenvalue weighted by Gasteiger charge is 2.38. The molecule has 1 heterocycles. The Labute approximate surface area is 141 Å². The zero-order valence-electron chi connectivity index (χ0n) is 14.4. The maximum absolute atomic E-state index is 11.2. The molecule has 0 aliphatic carbocycles. The lowest BCUT2D eigenvalue weighted by Gasteiger charge is -2.30. The summed E-state index contributed by atoms with van der Waals surface area (Å²) < 4.78 is 10.8. The summed E-state index contributed by atoms with van der Waals surface area (Å²) in [6.45, 7) is 3.77. The van der Waals surface area contributed by atoms with E-state index >= 15 is 0 Å². The predicted octanol–water partition coefficient (Wildman–Crippen LogP) is 2.54. The Balaban J connectivity index is 2.45. The van der Waals surface area contributed by atoms with E-state index in [2.05, 4.69) is 9.98 Å². The van der Waals surface area contributed by atoms with Crippen molar-refractivity contribution in [3.05, 3.63) is 46.0 Å². The van der Waals surface area contributed by atoms with E-state index in [-0.39, 0.29) is 23.4 Å². The van der Waals surface area contributed by atoms with Gasteiger partial charge >= 0.3 is 0 Å². The van der Waals surface area contributed by atoms with E-state index in [0.29, 0.717) is 11.8 Å². The zero-order valence-corrected chi connectivity index (χ0v) is 14.4. The van der Waals surface area contributed by atoms with Gasteiger partial charge in [0.1, 0.15) is 12.1 Å². The molecule has 0 saturated heterocycles. The third-order valence-corrected chi connectivity index (χ3v) is 4.04. The van der Waals surface area contributed by atoms with Gasteiger partial charge in [-0.2, -0.15) is 0 Å². The molecule has 1 aromatic rings. The van der Waals surface area contributed by atoms with Crippen molar-refractivity contribution >= 4 is 11.8 Å². The zero-order chi connectivity index (χ0) is 17.7. The van der Waals surface area contributed by atoms with Crippen LogP contribution >= 0.6 is 0 Å². The monoisotopic (exact) mass is 333 g/mol. The van der Waals surface area contributed by atoms with Gasteiger partial charge in [-0.3, -0.25) is 10.1 Å². The lowest BCUT2D eigenvalue weighted by atomic mass is 9.90. The van der Waals surface area contributed by atoms with Gasteiger partial charge in [0, 0.05) is 4.92 Å². The number of hydrogen-bond donors (Lipinski definition) is 0. The van der Waals surface area contributed by atoms with Crippen molar-refractivity contribution in [3.63, 3.8) is 0 Å². The number of nitrogens with zero attached hydrogens (tertiary/aromatic N) is 3. The average Bonchev–Trinajstić information content (AvgIpc) is 2.59. The average molecular weight is 333 g/mol. The van der Waals surface area contributed by atoms with Gasteiger partial charge < -0.3 is 9.47 Å². The number of benzene rings is 1. The number of rotatable bonds is 5. The minimum Gasteiger partial charge on any atom is -0.483 e. The van der Waals surface area contributed by atoms with E-state index in [0.717, 1.165) is 5.56 Å². The lowest BCUT2D eigenvalue weighted by molar-refractivity contribution is -0.483. The first-order valence-corrected chi connectivity index (χ1v) is 7.88. The van der Waals surface area contributed by atoms with Crippen LogP contribution in [0.15, 0.2) is 40.3 Å². The minimum atomic E-state index is -0.576. The number of ether oxygens (including phenoxy) is 2. The standard InChI is InChI=1S/C17H23N3O4/c1-11(2)14-16(23-3)19-15(17(18-14)24-4)13(10-20(21)22)12-8-6-5-7-9-12/h5-9,11,13-15H,10H2,1-4H3/t13-,14+,15-/m1/s1. The fourth-order valence-corrected chi connectivity index (χ4v) is 2.83. The molecule has 7 nitrogen and oxygen atoms in total. The van der Waals surface area contributed by atoms with Crippen molar-refractivity contribution in [2.24, 2.45) is 15.9 Å². The van der Waals surface area contributed by atoms with Crippen LogP contribution in [0.25, 0.3) is 0 Å². The molecule has 0 aromatic heterocycles. The van der Waals surface area contributed by atoms with Crippen LogP contribution in [0.3, 0.4) is 0 Å². The Morgan fingerprint density at radius 1 is 1.08 bits per heavy atom. The quantitative estimate of drug-likeness (QED) is 0.612. The molecule has 0 saturated carbocycles. The minimum absolute atomic E-state index is 0.181. The van der Waals surface area contributed by atoms with Gasteiger partial charge in [0.15, 0.2) is 0 Å². The summed E-state index contributed by atoms with van der Waals surface area (Å²) in [6, 6.07) is 8.48. The van der Waals surface area contributed by atoms with Crippen molar-refractivity contribution in [2.75, 3.05) is 20.8 Å². The molecule has 0 fully saturated rings. The van der Waals surface area contributed by atoms with E-state index in [1.165, 1.54) is 7.11 Å². The van der Waals surface area contributed by atoms with Crippen LogP contribution in [0.1, 0.15) is 25.3 Å². The highest BCUT2D eigenvalue weighted by Crippen LogP contribution is 2.28. The molecule has 0 unspecified atom stereocenters. The molecule has 0 N–H and O–H groups in total. The maximum atomic E-state index is 11.2. The Morgan fingerprint density at radius 3 is 2.12 bits per heavy atom. The summed E-state index contributed by atoms with van der Waals surface area (Å²) in [4.78, 5) is 20.1. The third-order valence-electron chi connectivity index (χ3n) is 4.04. The van der Waals surface area contributed by atoms with Gasteiger partial charge in [-0.15, -0.1) is 0 Å². The second-order valence-electron chi connectivity index (χ2n) is 6.01. The summed E-state index contributed by atoms with van der Waals surface area (Å²) in [6.07, 6.45) is 0. The molecule has 3 atom stereocenters. The molecule has 0 amide bonds. The fraction of sp³-hybridized carbons (Fsp3) is 0.529. The first-order chi connectivity index (χ1) is 11.5. The largest absolute Gasteiger partial charge is 0.483 e. The van der Waals surface area contributed by atoms with Gasteiger partial charge in [0.2, 0.25) is 18.3 Å². The number of aliphatic imine (C=N–C) groups is 2. The van der Waals surface area contributed by atoms with Crippen LogP contribution in [0, 0.1) is 16.0 Å². The molecule has 24 heavy (non-hydrogen) atoms. The van der Waals surface area contributed by atoms with Crippen molar-refractivity contribution in [3.8, 4) is 0 Å². The molecule has 1 aliphatic heterocycles. The van der Waals surface area contributed by atoms with Crippen molar-refractivity contribution < 1.29 is 14.4 Å². The van der Waals surface area contributed by atoms with Gasteiger partial charge in [-0.1, -0.05) is 44.2 Å². The van der Waals surface area contributed by atoms with Crippen LogP contribution in [-0.2, 0) is 9.47 Å². The van der Waals surface area contributed by atoms with Crippen LogP contribution in [0.4, 0.5) is 0 Å². The fourth-order valence-electron chi connectivity index (χ4n) is 2.83. The first kappa shape index (κ1) is 17.9. The Hall–Kier alpha value is -2.44. The Morgan fingerprint density at radius 2 is 1.62 bits per heavy atom. The van der Waals surface area contributed by atoms with Crippen molar-refractivity contribution in [2.45, 2.75) is 31.8 Å².